The molecule has 29 heavy (non-hydrogen) atoms. The Bertz CT molecular complexity index is 915. The van der Waals surface area contributed by atoms with Gasteiger partial charge in [0.25, 0.3) is 0 Å². The Hall–Kier alpha value is -2.40. The van der Waals surface area contributed by atoms with Crippen molar-refractivity contribution in [2.75, 3.05) is 6.54 Å². The van der Waals surface area contributed by atoms with E-state index in [2.05, 4.69) is 53.6 Å². The molecule has 1 aromatic carbocycles. The summed E-state index contributed by atoms with van der Waals surface area (Å²) in [4.78, 5) is 2.44. The summed E-state index contributed by atoms with van der Waals surface area (Å²) in [6.45, 7) is 4.99. The van der Waals surface area contributed by atoms with E-state index in [1.165, 1.54) is 54.4 Å². The summed E-state index contributed by atoms with van der Waals surface area (Å²) in [5.41, 5.74) is 6.35. The molecule has 4 rings (SSSR count). The number of aromatic nitrogens is 4. The second kappa shape index (κ2) is 8.95. The van der Waals surface area contributed by atoms with Crippen molar-refractivity contribution in [1.82, 2.24) is 24.5 Å². The van der Waals surface area contributed by atoms with E-state index < -0.39 is 0 Å². The number of nitrogens with zero attached hydrogens (tertiary/aromatic N) is 5. The molecular weight excluding hydrogens is 358 g/mol. The van der Waals surface area contributed by atoms with E-state index >= 15 is 0 Å². The molecule has 0 saturated heterocycles. The van der Waals surface area contributed by atoms with Crippen molar-refractivity contribution >= 4 is 0 Å². The molecule has 0 unspecified atom stereocenters. The van der Waals surface area contributed by atoms with Gasteiger partial charge in [-0.3, -0.25) is 14.3 Å². The average molecular weight is 392 g/mol. The maximum atomic E-state index is 4.80. The Morgan fingerprint density at radius 1 is 0.966 bits per heavy atom. The van der Waals surface area contributed by atoms with Crippen LogP contribution in [0.4, 0.5) is 0 Å². The van der Waals surface area contributed by atoms with Crippen LogP contribution < -0.4 is 0 Å². The van der Waals surface area contributed by atoms with Crippen LogP contribution in [-0.2, 0) is 27.2 Å². The zero-order valence-electron chi connectivity index (χ0n) is 18.0. The van der Waals surface area contributed by atoms with Crippen molar-refractivity contribution in [3.05, 3.63) is 59.5 Å². The number of benzene rings is 1. The summed E-state index contributed by atoms with van der Waals surface area (Å²) in [6.07, 6.45) is 13.0. The van der Waals surface area contributed by atoms with E-state index in [4.69, 9.17) is 5.10 Å². The second-order valence-corrected chi connectivity index (χ2v) is 8.46. The summed E-state index contributed by atoms with van der Waals surface area (Å²) in [5, 5.41) is 9.10. The smallest absolute Gasteiger partial charge is 0.0968 e. The maximum Gasteiger partial charge on any atom is 0.0968 e. The number of aryl methyl sites for hydroxylation is 2. The van der Waals surface area contributed by atoms with Gasteiger partial charge in [-0.05, 0) is 30.9 Å². The lowest BCUT2D eigenvalue weighted by Gasteiger charge is -2.22. The van der Waals surface area contributed by atoms with Gasteiger partial charge < -0.3 is 0 Å². The van der Waals surface area contributed by atoms with Crippen molar-refractivity contribution in [1.29, 1.82) is 0 Å². The third kappa shape index (κ3) is 4.78. The first-order chi connectivity index (χ1) is 14.1. The van der Waals surface area contributed by atoms with Gasteiger partial charge in [0.15, 0.2) is 0 Å². The first-order valence-corrected chi connectivity index (χ1v) is 10.9. The van der Waals surface area contributed by atoms with Crippen LogP contribution in [0, 0.1) is 0 Å². The Balaban J connectivity index is 1.51. The van der Waals surface area contributed by atoms with Gasteiger partial charge in [-0.1, -0.05) is 50.5 Å². The number of hydrogen-bond acceptors (Lipinski definition) is 3. The Labute approximate surface area is 174 Å². The highest BCUT2D eigenvalue weighted by Crippen LogP contribution is 2.34. The summed E-state index contributed by atoms with van der Waals surface area (Å²) in [7, 11) is 3.98. The molecule has 0 spiro atoms. The molecule has 0 bridgehead atoms. The maximum absolute atomic E-state index is 4.80. The van der Waals surface area contributed by atoms with Crippen LogP contribution in [0.5, 0.6) is 0 Å². The van der Waals surface area contributed by atoms with Crippen molar-refractivity contribution in [3.8, 4) is 11.3 Å². The quantitative estimate of drug-likeness (QED) is 0.575. The standard InChI is InChI=1S/C24H33N5/c1-4-29(16-19-14-25-27(2)15-19)18-23-17-28(3)26-24(23)22-12-10-21(11-13-22)20-8-6-5-7-9-20/h10-15,17,20H,4-9,16,18H2,1-3H3. The molecule has 2 aromatic heterocycles. The minimum atomic E-state index is 0.746. The fourth-order valence-electron chi connectivity index (χ4n) is 4.58. The van der Waals surface area contributed by atoms with E-state index in [-0.39, 0.29) is 0 Å². The van der Waals surface area contributed by atoms with E-state index in [0.717, 1.165) is 31.2 Å². The van der Waals surface area contributed by atoms with Crippen molar-refractivity contribution in [2.45, 2.75) is 58.0 Å². The molecule has 5 nitrogen and oxygen atoms in total. The van der Waals surface area contributed by atoms with Crippen LogP contribution in [0.25, 0.3) is 11.3 Å². The molecule has 1 saturated carbocycles. The highest BCUT2D eigenvalue weighted by Gasteiger charge is 2.17. The minimum absolute atomic E-state index is 0.746. The molecule has 0 atom stereocenters. The molecule has 2 heterocycles. The van der Waals surface area contributed by atoms with Gasteiger partial charge in [-0.15, -0.1) is 0 Å². The predicted molar refractivity (Wildman–Crippen MR) is 117 cm³/mol. The Morgan fingerprint density at radius 2 is 1.72 bits per heavy atom. The molecule has 1 aliphatic carbocycles. The molecule has 1 fully saturated rings. The van der Waals surface area contributed by atoms with Crippen molar-refractivity contribution in [3.63, 3.8) is 0 Å². The van der Waals surface area contributed by atoms with Gasteiger partial charge >= 0.3 is 0 Å². The average Bonchev–Trinajstić information content (AvgIpc) is 3.33. The van der Waals surface area contributed by atoms with Crippen LogP contribution in [0.15, 0.2) is 42.9 Å². The summed E-state index contributed by atoms with van der Waals surface area (Å²) < 4.78 is 3.81. The molecule has 5 heteroatoms. The molecule has 1 aliphatic rings. The Morgan fingerprint density at radius 3 is 2.38 bits per heavy atom. The predicted octanol–water partition coefficient (Wildman–Crippen LogP) is 4.89. The molecule has 0 radical (unpaired) electrons. The van der Waals surface area contributed by atoms with Crippen molar-refractivity contribution in [2.24, 2.45) is 14.1 Å². The first-order valence-electron chi connectivity index (χ1n) is 10.9. The zero-order chi connectivity index (χ0) is 20.2. The van der Waals surface area contributed by atoms with Crippen molar-refractivity contribution < 1.29 is 0 Å². The van der Waals surface area contributed by atoms with E-state index in [1.54, 1.807) is 0 Å². The van der Waals surface area contributed by atoms with Gasteiger partial charge in [-0.25, -0.2) is 0 Å². The zero-order valence-corrected chi connectivity index (χ0v) is 18.0. The summed E-state index contributed by atoms with van der Waals surface area (Å²) >= 11 is 0. The molecule has 0 aliphatic heterocycles. The highest BCUT2D eigenvalue weighted by molar-refractivity contribution is 5.63. The van der Waals surface area contributed by atoms with E-state index in [9.17, 15) is 0 Å². The van der Waals surface area contributed by atoms with Crippen LogP contribution in [0.3, 0.4) is 0 Å². The lowest BCUT2D eigenvalue weighted by atomic mass is 9.84. The number of rotatable bonds is 7. The molecular formula is C24H33N5. The Kier molecular flexibility index (Phi) is 6.14. The second-order valence-electron chi connectivity index (χ2n) is 8.46. The molecule has 154 valence electrons. The van der Waals surface area contributed by atoms with Crippen LogP contribution in [-0.4, -0.2) is 31.0 Å². The first kappa shape index (κ1) is 19.9. The third-order valence-electron chi connectivity index (χ3n) is 6.17. The van der Waals surface area contributed by atoms with Gasteiger partial charge in [-0.2, -0.15) is 10.2 Å². The van der Waals surface area contributed by atoms with Crippen LogP contribution >= 0.6 is 0 Å². The fraction of sp³-hybridized carbons (Fsp3) is 0.500. The van der Waals surface area contributed by atoms with Gasteiger partial charge in [0, 0.05) is 56.3 Å². The third-order valence-corrected chi connectivity index (χ3v) is 6.17. The van der Waals surface area contributed by atoms with Gasteiger partial charge in [0.2, 0.25) is 0 Å². The normalized spacial score (nSPS) is 15.3. The largest absolute Gasteiger partial charge is 0.295 e. The van der Waals surface area contributed by atoms with Crippen LogP contribution in [0.2, 0.25) is 0 Å². The van der Waals surface area contributed by atoms with Gasteiger partial charge in [0.1, 0.15) is 0 Å². The monoisotopic (exact) mass is 391 g/mol. The van der Waals surface area contributed by atoms with E-state index in [0.29, 0.717) is 0 Å². The summed E-state index contributed by atoms with van der Waals surface area (Å²) in [5.74, 6) is 0.746. The molecule has 3 aromatic rings. The molecule has 0 N–H and O–H groups in total. The minimum Gasteiger partial charge on any atom is -0.295 e. The number of hydrogen-bond donors (Lipinski definition) is 0. The fourth-order valence-corrected chi connectivity index (χ4v) is 4.58. The highest BCUT2D eigenvalue weighted by atomic mass is 15.3. The topological polar surface area (TPSA) is 38.9 Å². The van der Waals surface area contributed by atoms with E-state index in [1.807, 2.05) is 29.7 Å². The SMILES string of the molecule is CCN(Cc1cnn(C)c1)Cc1cn(C)nc1-c1ccc(C2CCCCC2)cc1. The lowest BCUT2D eigenvalue weighted by molar-refractivity contribution is 0.271. The molecule has 0 amide bonds. The summed E-state index contributed by atoms with van der Waals surface area (Å²) in [6, 6.07) is 9.20. The van der Waals surface area contributed by atoms with Crippen LogP contribution in [0.1, 0.15) is 61.6 Å². The lowest BCUT2D eigenvalue weighted by Crippen LogP contribution is -2.22. The van der Waals surface area contributed by atoms with Gasteiger partial charge in [0.05, 0.1) is 11.9 Å².